The highest BCUT2D eigenvalue weighted by Crippen LogP contribution is 2.24. The average molecular weight is 284 g/mol. The summed E-state index contributed by atoms with van der Waals surface area (Å²) in [6.07, 6.45) is 1.66. The Bertz CT molecular complexity index is 622. The first kappa shape index (κ1) is 13.8. The molecule has 0 bridgehead atoms. The van der Waals surface area contributed by atoms with Crippen LogP contribution in [0.25, 0.3) is 0 Å². The van der Waals surface area contributed by atoms with E-state index in [0.717, 1.165) is 13.1 Å². The van der Waals surface area contributed by atoms with Crippen molar-refractivity contribution in [2.45, 2.75) is 6.04 Å². The summed E-state index contributed by atoms with van der Waals surface area (Å²) in [5, 5.41) is 4.08. The van der Waals surface area contributed by atoms with Crippen molar-refractivity contribution in [1.29, 1.82) is 0 Å². The lowest BCUT2D eigenvalue weighted by molar-refractivity contribution is 0.0536. The van der Waals surface area contributed by atoms with Crippen molar-refractivity contribution >= 4 is 5.91 Å². The van der Waals surface area contributed by atoms with Gasteiger partial charge in [0.1, 0.15) is 5.69 Å². The number of carbonyl (C=O) groups is 1. The number of piperazine rings is 1. The van der Waals surface area contributed by atoms with Crippen LogP contribution >= 0.6 is 0 Å². The summed E-state index contributed by atoms with van der Waals surface area (Å²) in [6.45, 7) is 2.34. The number of aromatic nitrogens is 2. The quantitative estimate of drug-likeness (QED) is 0.840. The van der Waals surface area contributed by atoms with Gasteiger partial charge in [-0.05, 0) is 18.7 Å². The van der Waals surface area contributed by atoms with E-state index in [4.69, 9.17) is 0 Å². The molecule has 0 spiro atoms. The lowest BCUT2D eigenvalue weighted by Crippen LogP contribution is -2.49. The third-order valence-corrected chi connectivity index (χ3v) is 4.16. The zero-order valence-corrected chi connectivity index (χ0v) is 12.4. The van der Waals surface area contributed by atoms with E-state index in [9.17, 15) is 4.79 Å². The fraction of sp³-hybridized carbons (Fsp3) is 0.375. The van der Waals surface area contributed by atoms with Gasteiger partial charge < -0.3 is 4.90 Å². The predicted octanol–water partition coefficient (Wildman–Crippen LogP) is 1.55. The monoisotopic (exact) mass is 284 g/mol. The summed E-state index contributed by atoms with van der Waals surface area (Å²) in [7, 11) is 3.92. The Morgan fingerprint density at radius 2 is 1.90 bits per heavy atom. The number of amides is 1. The van der Waals surface area contributed by atoms with E-state index in [1.165, 1.54) is 5.56 Å². The largest absolute Gasteiger partial charge is 0.334 e. The Balaban J connectivity index is 1.80. The van der Waals surface area contributed by atoms with Crippen LogP contribution in [-0.2, 0) is 7.05 Å². The van der Waals surface area contributed by atoms with Gasteiger partial charge in [-0.15, -0.1) is 0 Å². The van der Waals surface area contributed by atoms with Crippen molar-refractivity contribution in [2.24, 2.45) is 7.05 Å². The van der Waals surface area contributed by atoms with Crippen molar-refractivity contribution in [1.82, 2.24) is 19.6 Å². The first-order valence-electron chi connectivity index (χ1n) is 7.19. The number of carbonyl (C=O) groups excluding carboxylic acids is 1. The summed E-state index contributed by atoms with van der Waals surface area (Å²) < 4.78 is 1.64. The summed E-state index contributed by atoms with van der Waals surface area (Å²) in [5.41, 5.74) is 1.90. The molecule has 0 saturated carbocycles. The van der Waals surface area contributed by atoms with Crippen LogP contribution in [0.2, 0.25) is 0 Å². The zero-order valence-electron chi connectivity index (χ0n) is 12.4. The van der Waals surface area contributed by atoms with Crippen LogP contribution in [0.3, 0.4) is 0 Å². The maximum absolute atomic E-state index is 12.6. The molecule has 0 aliphatic carbocycles. The minimum Gasteiger partial charge on any atom is -0.334 e. The Morgan fingerprint density at radius 1 is 1.14 bits per heavy atom. The number of benzene rings is 1. The first-order valence-corrected chi connectivity index (χ1v) is 7.19. The smallest absolute Gasteiger partial charge is 0.272 e. The number of rotatable bonds is 2. The molecule has 1 aromatic heterocycles. The third-order valence-electron chi connectivity index (χ3n) is 4.16. The van der Waals surface area contributed by atoms with Crippen molar-refractivity contribution < 1.29 is 4.79 Å². The molecule has 1 aromatic carbocycles. The van der Waals surface area contributed by atoms with E-state index in [2.05, 4.69) is 29.2 Å². The molecule has 1 fully saturated rings. The lowest BCUT2D eigenvalue weighted by atomic mass is 10.0. The van der Waals surface area contributed by atoms with Crippen molar-refractivity contribution in [3.8, 4) is 0 Å². The molecule has 110 valence electrons. The highest BCUT2D eigenvalue weighted by molar-refractivity contribution is 5.92. The number of aryl methyl sites for hydroxylation is 1. The molecule has 2 aromatic rings. The van der Waals surface area contributed by atoms with Gasteiger partial charge in [-0.25, -0.2) is 0 Å². The van der Waals surface area contributed by atoms with Crippen LogP contribution in [0.4, 0.5) is 0 Å². The highest BCUT2D eigenvalue weighted by atomic mass is 16.2. The lowest BCUT2D eigenvalue weighted by Gasteiger charge is -2.39. The summed E-state index contributed by atoms with van der Waals surface area (Å²) in [4.78, 5) is 16.8. The third kappa shape index (κ3) is 2.69. The molecule has 2 heterocycles. The van der Waals surface area contributed by atoms with E-state index in [-0.39, 0.29) is 11.9 Å². The average Bonchev–Trinajstić information content (AvgIpc) is 2.94. The van der Waals surface area contributed by atoms with Gasteiger partial charge >= 0.3 is 0 Å². The second-order valence-corrected chi connectivity index (χ2v) is 5.50. The predicted molar refractivity (Wildman–Crippen MR) is 80.9 cm³/mol. The fourth-order valence-electron chi connectivity index (χ4n) is 2.84. The van der Waals surface area contributed by atoms with Crippen molar-refractivity contribution in [2.75, 3.05) is 26.7 Å². The van der Waals surface area contributed by atoms with Gasteiger partial charge in [-0.3, -0.25) is 14.4 Å². The van der Waals surface area contributed by atoms with E-state index >= 15 is 0 Å². The standard InChI is InChI=1S/C16H20N4O/c1-18-10-11-20(16(21)14-8-9-17-19(14)2)12-15(18)13-6-4-3-5-7-13/h3-9,15H,10-12H2,1-2H3. The van der Waals surface area contributed by atoms with E-state index in [1.54, 1.807) is 24.0 Å². The van der Waals surface area contributed by atoms with Crippen molar-refractivity contribution in [3.63, 3.8) is 0 Å². The molecule has 1 amide bonds. The second kappa shape index (κ2) is 5.69. The fourth-order valence-corrected chi connectivity index (χ4v) is 2.84. The molecular formula is C16H20N4O. The molecule has 1 aliphatic rings. The Kier molecular flexibility index (Phi) is 3.75. The van der Waals surface area contributed by atoms with Gasteiger partial charge in [-0.1, -0.05) is 30.3 Å². The van der Waals surface area contributed by atoms with Gasteiger partial charge in [0.05, 0.1) is 6.04 Å². The Labute approximate surface area is 124 Å². The molecule has 1 saturated heterocycles. The van der Waals surface area contributed by atoms with Crippen LogP contribution < -0.4 is 0 Å². The maximum atomic E-state index is 12.6. The van der Waals surface area contributed by atoms with Gasteiger partial charge in [0.25, 0.3) is 5.91 Å². The molecule has 1 unspecified atom stereocenters. The van der Waals surface area contributed by atoms with Crippen LogP contribution in [0, 0.1) is 0 Å². The normalized spacial score (nSPS) is 19.7. The molecule has 3 rings (SSSR count). The molecule has 0 N–H and O–H groups in total. The second-order valence-electron chi connectivity index (χ2n) is 5.50. The number of hydrogen-bond acceptors (Lipinski definition) is 3. The highest BCUT2D eigenvalue weighted by Gasteiger charge is 2.29. The van der Waals surface area contributed by atoms with Crippen LogP contribution in [-0.4, -0.2) is 52.2 Å². The van der Waals surface area contributed by atoms with E-state index in [0.29, 0.717) is 12.2 Å². The van der Waals surface area contributed by atoms with Gasteiger partial charge in [0.15, 0.2) is 0 Å². The summed E-state index contributed by atoms with van der Waals surface area (Å²) in [5.74, 6) is 0.0593. The Morgan fingerprint density at radius 3 is 2.57 bits per heavy atom. The summed E-state index contributed by atoms with van der Waals surface area (Å²) in [6, 6.07) is 12.4. The van der Waals surface area contributed by atoms with Gasteiger partial charge in [0.2, 0.25) is 0 Å². The molecule has 0 radical (unpaired) electrons. The molecular weight excluding hydrogens is 264 g/mol. The van der Waals surface area contributed by atoms with Crippen LogP contribution in [0.15, 0.2) is 42.6 Å². The molecule has 5 nitrogen and oxygen atoms in total. The minimum absolute atomic E-state index is 0.0593. The maximum Gasteiger partial charge on any atom is 0.272 e. The number of likely N-dealkylation sites (N-methyl/N-ethyl adjacent to an activating group) is 1. The molecule has 1 aliphatic heterocycles. The van der Waals surface area contributed by atoms with Gasteiger partial charge in [0, 0.05) is 32.9 Å². The topological polar surface area (TPSA) is 41.4 Å². The number of hydrogen-bond donors (Lipinski definition) is 0. The molecule has 5 heteroatoms. The SMILES string of the molecule is CN1CCN(C(=O)c2ccnn2C)CC1c1ccccc1. The number of nitrogens with zero attached hydrogens (tertiary/aromatic N) is 4. The van der Waals surface area contributed by atoms with Crippen molar-refractivity contribution in [3.05, 3.63) is 53.9 Å². The van der Waals surface area contributed by atoms with Gasteiger partial charge in [-0.2, -0.15) is 5.10 Å². The van der Waals surface area contributed by atoms with E-state index in [1.807, 2.05) is 23.1 Å². The molecule has 1 atom stereocenters. The van der Waals surface area contributed by atoms with Crippen LogP contribution in [0.5, 0.6) is 0 Å². The first-order chi connectivity index (χ1) is 10.2. The minimum atomic E-state index is 0.0593. The van der Waals surface area contributed by atoms with E-state index < -0.39 is 0 Å². The zero-order chi connectivity index (χ0) is 14.8. The summed E-state index contributed by atoms with van der Waals surface area (Å²) >= 11 is 0. The van der Waals surface area contributed by atoms with Crippen LogP contribution in [0.1, 0.15) is 22.1 Å². The molecule has 21 heavy (non-hydrogen) atoms. The Hall–Kier alpha value is -2.14.